The fourth-order valence-corrected chi connectivity index (χ4v) is 2.05. The molecule has 0 aromatic carbocycles. The van der Waals surface area contributed by atoms with Gasteiger partial charge in [0.2, 0.25) is 3.79 Å². The molecular weight excluding hydrogens is 268 g/mol. The van der Waals surface area contributed by atoms with E-state index in [1.165, 1.54) is 0 Å². The molecule has 0 N–H and O–H groups in total. The average molecular weight is 285 g/mol. The van der Waals surface area contributed by atoms with Crippen molar-refractivity contribution in [3.63, 3.8) is 0 Å². The Morgan fingerprint density at radius 1 is 1.31 bits per heavy atom. The fraction of sp³-hybridized carbons (Fsp3) is 0.800. The van der Waals surface area contributed by atoms with E-state index in [1.807, 2.05) is 13.8 Å². The number of alkyl halides is 3. The molecule has 6 heteroatoms. The zero-order valence-electron chi connectivity index (χ0n) is 9.67. The van der Waals surface area contributed by atoms with Crippen molar-refractivity contribution in [3.05, 3.63) is 11.4 Å². The number of unbranched alkanes of at least 4 members (excludes halogenated alkanes) is 1. The Morgan fingerprint density at radius 2 is 1.94 bits per heavy atom. The van der Waals surface area contributed by atoms with Crippen molar-refractivity contribution in [2.45, 2.75) is 49.9 Å². The standard InChI is InChI=1S/C10H16Cl3N3/c1-4-5-6-16-9(10(11,12)13)8(7(2)3)14-15-16/h7H,4-6H2,1-3H3. The summed E-state index contributed by atoms with van der Waals surface area (Å²) in [7, 11) is 0. The summed E-state index contributed by atoms with van der Waals surface area (Å²) in [6, 6.07) is 0. The van der Waals surface area contributed by atoms with Crippen LogP contribution in [0.4, 0.5) is 0 Å². The maximum Gasteiger partial charge on any atom is 0.234 e. The molecule has 0 amide bonds. The summed E-state index contributed by atoms with van der Waals surface area (Å²) in [5.41, 5.74) is 1.36. The monoisotopic (exact) mass is 283 g/mol. The van der Waals surface area contributed by atoms with Gasteiger partial charge in [0.05, 0.1) is 5.69 Å². The van der Waals surface area contributed by atoms with E-state index in [2.05, 4.69) is 17.2 Å². The highest BCUT2D eigenvalue weighted by Gasteiger charge is 2.33. The van der Waals surface area contributed by atoms with Gasteiger partial charge in [0.15, 0.2) is 0 Å². The van der Waals surface area contributed by atoms with E-state index in [0.717, 1.165) is 25.1 Å². The molecule has 0 fully saturated rings. The van der Waals surface area contributed by atoms with Crippen LogP contribution in [-0.2, 0) is 10.3 Å². The van der Waals surface area contributed by atoms with Crippen molar-refractivity contribution in [3.8, 4) is 0 Å². The van der Waals surface area contributed by atoms with E-state index in [4.69, 9.17) is 34.8 Å². The van der Waals surface area contributed by atoms with Gasteiger partial charge in [-0.3, -0.25) is 0 Å². The van der Waals surface area contributed by atoms with E-state index in [1.54, 1.807) is 4.68 Å². The zero-order chi connectivity index (χ0) is 12.3. The van der Waals surface area contributed by atoms with Gasteiger partial charge in [-0.15, -0.1) is 5.10 Å². The summed E-state index contributed by atoms with van der Waals surface area (Å²) in [6.45, 7) is 6.86. The largest absolute Gasteiger partial charge is 0.245 e. The number of aromatic nitrogens is 3. The van der Waals surface area contributed by atoms with Gasteiger partial charge < -0.3 is 0 Å². The molecule has 1 aromatic heterocycles. The smallest absolute Gasteiger partial charge is 0.234 e. The molecule has 0 aliphatic carbocycles. The molecule has 0 saturated heterocycles. The maximum atomic E-state index is 5.96. The number of hydrogen-bond donors (Lipinski definition) is 0. The summed E-state index contributed by atoms with van der Waals surface area (Å²) in [5.74, 6) is 0.195. The van der Waals surface area contributed by atoms with E-state index in [-0.39, 0.29) is 5.92 Å². The van der Waals surface area contributed by atoms with Crippen molar-refractivity contribution in [2.24, 2.45) is 0 Å². The lowest BCUT2D eigenvalue weighted by atomic mass is 10.1. The highest BCUT2D eigenvalue weighted by molar-refractivity contribution is 6.66. The van der Waals surface area contributed by atoms with Crippen LogP contribution in [0.2, 0.25) is 0 Å². The molecule has 1 heterocycles. The van der Waals surface area contributed by atoms with E-state index in [0.29, 0.717) is 5.69 Å². The van der Waals surface area contributed by atoms with Crippen LogP contribution in [0.5, 0.6) is 0 Å². The van der Waals surface area contributed by atoms with Gasteiger partial charge in [-0.2, -0.15) is 0 Å². The molecule has 0 unspecified atom stereocenters. The second-order valence-electron chi connectivity index (χ2n) is 4.05. The first kappa shape index (κ1) is 14.1. The number of nitrogens with zero attached hydrogens (tertiary/aromatic N) is 3. The molecule has 0 aliphatic heterocycles. The Bertz CT molecular complexity index is 342. The Balaban J connectivity index is 3.10. The third-order valence-corrected chi connectivity index (χ3v) is 2.84. The minimum absolute atomic E-state index is 0.195. The Kier molecular flexibility index (Phi) is 4.89. The van der Waals surface area contributed by atoms with Crippen LogP contribution in [0.1, 0.15) is 50.9 Å². The third kappa shape index (κ3) is 3.25. The van der Waals surface area contributed by atoms with Crippen molar-refractivity contribution >= 4 is 34.8 Å². The molecule has 0 bridgehead atoms. The minimum atomic E-state index is -1.46. The van der Waals surface area contributed by atoms with Crippen LogP contribution >= 0.6 is 34.8 Å². The second-order valence-corrected chi connectivity index (χ2v) is 6.33. The van der Waals surface area contributed by atoms with Crippen LogP contribution < -0.4 is 0 Å². The highest BCUT2D eigenvalue weighted by Crippen LogP contribution is 2.41. The van der Waals surface area contributed by atoms with Crippen molar-refractivity contribution in [1.29, 1.82) is 0 Å². The number of rotatable bonds is 4. The lowest BCUT2D eigenvalue weighted by molar-refractivity contribution is 0.535. The number of hydrogen-bond acceptors (Lipinski definition) is 2. The van der Waals surface area contributed by atoms with Gasteiger partial charge in [-0.25, -0.2) is 4.68 Å². The van der Waals surface area contributed by atoms with Crippen molar-refractivity contribution in [1.82, 2.24) is 15.0 Å². The molecule has 0 atom stereocenters. The molecule has 0 saturated carbocycles. The lowest BCUT2D eigenvalue weighted by Gasteiger charge is -2.15. The molecule has 1 aromatic rings. The predicted molar refractivity (Wildman–Crippen MR) is 68.3 cm³/mol. The summed E-state index contributed by atoms with van der Waals surface area (Å²) in [6.07, 6.45) is 2.06. The highest BCUT2D eigenvalue weighted by atomic mass is 35.6. The molecule has 0 radical (unpaired) electrons. The minimum Gasteiger partial charge on any atom is -0.245 e. The van der Waals surface area contributed by atoms with Gasteiger partial charge in [-0.1, -0.05) is 67.2 Å². The predicted octanol–water partition coefficient (Wildman–Crippen LogP) is 4.03. The fourth-order valence-electron chi connectivity index (χ4n) is 1.47. The SMILES string of the molecule is CCCCn1nnc(C(C)C)c1C(Cl)(Cl)Cl. The van der Waals surface area contributed by atoms with E-state index >= 15 is 0 Å². The van der Waals surface area contributed by atoms with Crippen LogP contribution in [0.25, 0.3) is 0 Å². The van der Waals surface area contributed by atoms with Gasteiger partial charge >= 0.3 is 0 Å². The van der Waals surface area contributed by atoms with Crippen molar-refractivity contribution < 1.29 is 0 Å². The van der Waals surface area contributed by atoms with Crippen LogP contribution in [0.15, 0.2) is 0 Å². The number of halogens is 3. The summed E-state index contributed by atoms with van der Waals surface area (Å²) >= 11 is 17.9. The maximum absolute atomic E-state index is 5.96. The summed E-state index contributed by atoms with van der Waals surface area (Å²) < 4.78 is 0.239. The first-order valence-corrected chi connectivity index (χ1v) is 6.51. The number of aryl methyl sites for hydroxylation is 1. The topological polar surface area (TPSA) is 30.7 Å². The zero-order valence-corrected chi connectivity index (χ0v) is 11.9. The van der Waals surface area contributed by atoms with Gasteiger partial charge in [-0.05, 0) is 12.3 Å². The molecule has 0 aliphatic rings. The average Bonchev–Trinajstić information content (AvgIpc) is 2.57. The van der Waals surface area contributed by atoms with Gasteiger partial charge in [0.1, 0.15) is 5.69 Å². The molecule has 16 heavy (non-hydrogen) atoms. The van der Waals surface area contributed by atoms with Crippen molar-refractivity contribution in [2.75, 3.05) is 0 Å². The van der Waals surface area contributed by atoms with E-state index in [9.17, 15) is 0 Å². The van der Waals surface area contributed by atoms with Crippen LogP contribution in [0, 0.1) is 0 Å². The molecule has 3 nitrogen and oxygen atoms in total. The lowest BCUT2D eigenvalue weighted by Crippen LogP contribution is -2.14. The second kappa shape index (κ2) is 5.56. The molecular formula is C10H16Cl3N3. The molecule has 1 rings (SSSR count). The first-order valence-electron chi connectivity index (χ1n) is 5.38. The first-order chi connectivity index (χ1) is 7.38. The van der Waals surface area contributed by atoms with E-state index < -0.39 is 3.79 Å². The van der Waals surface area contributed by atoms with Gasteiger partial charge in [0, 0.05) is 6.54 Å². The normalized spacial score (nSPS) is 12.4. The van der Waals surface area contributed by atoms with Crippen LogP contribution in [0.3, 0.4) is 0 Å². The molecule has 92 valence electrons. The summed E-state index contributed by atoms with van der Waals surface area (Å²) in [4.78, 5) is 0. The Labute approximate surface area is 111 Å². The third-order valence-electron chi connectivity index (χ3n) is 2.30. The van der Waals surface area contributed by atoms with Gasteiger partial charge in [0.25, 0.3) is 0 Å². The summed E-state index contributed by atoms with van der Waals surface area (Å²) in [5, 5.41) is 8.15. The van der Waals surface area contributed by atoms with Crippen LogP contribution in [-0.4, -0.2) is 15.0 Å². The quantitative estimate of drug-likeness (QED) is 0.782. The Hall–Kier alpha value is 0.01000. The Morgan fingerprint density at radius 3 is 2.38 bits per heavy atom. The molecule has 0 spiro atoms.